The second-order valence-electron chi connectivity index (χ2n) is 8.40. The number of carbonyl (C=O) groups is 2. The Morgan fingerprint density at radius 2 is 1.91 bits per heavy atom. The number of hydrogen-bond donors (Lipinski definition) is 2. The van der Waals surface area contributed by atoms with Gasteiger partial charge in [-0.15, -0.1) is 0 Å². The SMILES string of the molecule is C/C1=C\C(=NOCC(=O)N2CCCCC2)Cc2cc(O)cc(O)c2C(=O)OCC/C=C/CC1. The number of amides is 1. The summed E-state index contributed by atoms with van der Waals surface area (Å²) in [6.07, 6.45) is 11.3. The number of aromatic hydroxyl groups is 2. The predicted octanol–water partition coefficient (Wildman–Crippen LogP) is 3.87. The third-order valence-electron chi connectivity index (χ3n) is 5.64. The molecule has 33 heavy (non-hydrogen) atoms. The summed E-state index contributed by atoms with van der Waals surface area (Å²) in [6, 6.07) is 2.51. The first-order valence-electron chi connectivity index (χ1n) is 11.4. The van der Waals surface area contributed by atoms with E-state index in [1.165, 1.54) is 6.07 Å². The van der Waals surface area contributed by atoms with E-state index in [0.717, 1.165) is 56.8 Å². The molecule has 2 aliphatic heterocycles. The van der Waals surface area contributed by atoms with Gasteiger partial charge < -0.3 is 24.7 Å². The summed E-state index contributed by atoms with van der Waals surface area (Å²) < 4.78 is 5.30. The number of rotatable bonds is 3. The van der Waals surface area contributed by atoms with E-state index in [4.69, 9.17) is 9.57 Å². The molecule has 2 heterocycles. The third kappa shape index (κ3) is 7.37. The van der Waals surface area contributed by atoms with E-state index in [1.807, 2.05) is 25.2 Å². The topological polar surface area (TPSA) is 109 Å². The van der Waals surface area contributed by atoms with Crippen LogP contribution in [0.4, 0.5) is 0 Å². The Hall–Kier alpha value is -3.29. The number of benzene rings is 1. The number of hydrogen-bond acceptors (Lipinski definition) is 7. The van der Waals surface area contributed by atoms with E-state index < -0.39 is 5.97 Å². The molecule has 2 N–H and O–H groups in total. The smallest absolute Gasteiger partial charge is 0.342 e. The highest BCUT2D eigenvalue weighted by molar-refractivity contribution is 6.00. The maximum atomic E-state index is 12.6. The van der Waals surface area contributed by atoms with Crippen LogP contribution in [0.15, 0.2) is 41.1 Å². The van der Waals surface area contributed by atoms with E-state index in [2.05, 4.69) is 5.16 Å². The molecule has 0 bridgehead atoms. The molecule has 3 rings (SSSR count). The summed E-state index contributed by atoms with van der Waals surface area (Å²) in [7, 11) is 0. The number of ether oxygens (including phenoxy) is 1. The molecule has 1 fully saturated rings. The van der Waals surface area contributed by atoms with Crippen LogP contribution < -0.4 is 0 Å². The molecule has 0 radical (unpaired) electrons. The van der Waals surface area contributed by atoms with Crippen LogP contribution in [0.5, 0.6) is 11.5 Å². The molecule has 1 amide bonds. The molecule has 8 heteroatoms. The molecular weight excluding hydrogens is 424 g/mol. The largest absolute Gasteiger partial charge is 0.508 e. The number of allylic oxidation sites excluding steroid dienone is 3. The number of cyclic esters (lactones) is 1. The number of phenolic OH excluding ortho intramolecular Hbond substituents is 2. The minimum Gasteiger partial charge on any atom is -0.508 e. The molecule has 0 unspecified atom stereocenters. The van der Waals surface area contributed by atoms with Crippen LogP contribution >= 0.6 is 0 Å². The number of likely N-dealkylation sites (tertiary alicyclic amines) is 1. The van der Waals surface area contributed by atoms with Crippen LogP contribution in [0.2, 0.25) is 0 Å². The van der Waals surface area contributed by atoms with Crippen LogP contribution in [-0.4, -0.2) is 59.0 Å². The lowest BCUT2D eigenvalue weighted by atomic mass is 9.98. The van der Waals surface area contributed by atoms with Gasteiger partial charge in [-0.2, -0.15) is 0 Å². The average Bonchev–Trinajstić information content (AvgIpc) is 2.77. The average molecular weight is 457 g/mol. The highest BCUT2D eigenvalue weighted by atomic mass is 16.6. The van der Waals surface area contributed by atoms with Gasteiger partial charge in [0, 0.05) is 25.6 Å². The van der Waals surface area contributed by atoms with E-state index in [9.17, 15) is 19.8 Å². The Morgan fingerprint density at radius 1 is 1.15 bits per heavy atom. The molecule has 0 spiro atoms. The molecule has 0 atom stereocenters. The van der Waals surface area contributed by atoms with Gasteiger partial charge in [0.2, 0.25) is 0 Å². The Balaban J connectivity index is 1.85. The van der Waals surface area contributed by atoms with Gasteiger partial charge in [-0.3, -0.25) is 4.79 Å². The summed E-state index contributed by atoms with van der Waals surface area (Å²) in [6.45, 7) is 3.47. The van der Waals surface area contributed by atoms with Gasteiger partial charge >= 0.3 is 5.97 Å². The Morgan fingerprint density at radius 3 is 2.70 bits per heavy atom. The fraction of sp³-hybridized carbons (Fsp3) is 0.480. The van der Waals surface area contributed by atoms with Gasteiger partial charge in [0.05, 0.1) is 12.3 Å². The number of piperidine rings is 1. The summed E-state index contributed by atoms with van der Waals surface area (Å²) in [5.74, 6) is -1.32. The number of oxime groups is 1. The minimum atomic E-state index is -0.672. The molecule has 8 nitrogen and oxygen atoms in total. The predicted molar refractivity (Wildman–Crippen MR) is 124 cm³/mol. The number of fused-ring (bicyclic) bond motifs is 1. The van der Waals surface area contributed by atoms with E-state index >= 15 is 0 Å². The van der Waals surface area contributed by atoms with Crippen molar-refractivity contribution in [1.82, 2.24) is 4.90 Å². The lowest BCUT2D eigenvalue weighted by Gasteiger charge is -2.26. The fourth-order valence-electron chi connectivity index (χ4n) is 3.95. The molecule has 1 aromatic rings. The summed E-state index contributed by atoms with van der Waals surface area (Å²) in [4.78, 5) is 32.2. The highest BCUT2D eigenvalue weighted by Gasteiger charge is 2.21. The molecule has 0 saturated carbocycles. The third-order valence-corrected chi connectivity index (χ3v) is 5.64. The normalized spacial score (nSPS) is 21.8. The zero-order valence-corrected chi connectivity index (χ0v) is 19.1. The minimum absolute atomic E-state index is 0.0167. The van der Waals surface area contributed by atoms with Gasteiger partial charge in [0.25, 0.3) is 5.91 Å². The lowest BCUT2D eigenvalue weighted by molar-refractivity contribution is -0.137. The summed E-state index contributed by atoms with van der Waals surface area (Å²) >= 11 is 0. The van der Waals surface area contributed by atoms with Crippen molar-refractivity contribution in [2.75, 3.05) is 26.3 Å². The molecule has 2 aliphatic rings. The van der Waals surface area contributed by atoms with Crippen LogP contribution in [0.3, 0.4) is 0 Å². The zero-order valence-electron chi connectivity index (χ0n) is 19.1. The highest BCUT2D eigenvalue weighted by Crippen LogP contribution is 2.29. The number of carbonyl (C=O) groups excluding carboxylic acids is 2. The van der Waals surface area contributed by atoms with Crippen molar-refractivity contribution in [3.8, 4) is 11.5 Å². The van der Waals surface area contributed by atoms with E-state index in [1.54, 1.807) is 4.90 Å². The second-order valence-corrected chi connectivity index (χ2v) is 8.40. The van der Waals surface area contributed by atoms with E-state index in [-0.39, 0.29) is 42.6 Å². The fourth-order valence-corrected chi connectivity index (χ4v) is 3.95. The van der Waals surface area contributed by atoms with Crippen molar-refractivity contribution in [3.63, 3.8) is 0 Å². The lowest BCUT2D eigenvalue weighted by Crippen LogP contribution is -2.37. The molecule has 0 aromatic heterocycles. The standard InChI is InChI=1S/C25H32N2O6/c1-18-9-5-2-3-8-12-32-25(31)24-19(15-21(28)16-22(24)29)14-20(13-18)26-33-17-23(30)27-10-6-4-7-11-27/h2-3,13,15-16,28-29H,4-12,14,17H2,1H3/b3-2+,18-13+,26-20?. The van der Waals surface area contributed by atoms with Gasteiger partial charge in [0.1, 0.15) is 17.1 Å². The van der Waals surface area contributed by atoms with Gasteiger partial charge in [-0.25, -0.2) is 4.79 Å². The van der Waals surface area contributed by atoms with Crippen molar-refractivity contribution in [1.29, 1.82) is 0 Å². The molecule has 1 aromatic carbocycles. The second kappa shape index (κ2) is 12.1. The van der Waals surface area contributed by atoms with E-state index in [0.29, 0.717) is 17.7 Å². The summed E-state index contributed by atoms with van der Waals surface area (Å²) in [5.41, 5.74) is 1.87. The maximum absolute atomic E-state index is 12.6. The van der Waals surface area contributed by atoms with Crippen molar-refractivity contribution in [2.45, 2.75) is 51.9 Å². The van der Waals surface area contributed by atoms with Crippen LogP contribution in [0, 0.1) is 0 Å². The van der Waals surface area contributed by atoms with Crippen LogP contribution in [0.25, 0.3) is 0 Å². The van der Waals surface area contributed by atoms with Crippen molar-refractivity contribution in [3.05, 3.63) is 47.1 Å². The molecule has 0 aliphatic carbocycles. The Labute approximate surface area is 194 Å². The van der Waals surface area contributed by atoms with Gasteiger partial charge in [-0.1, -0.05) is 22.9 Å². The van der Waals surface area contributed by atoms with Gasteiger partial charge in [-0.05, 0) is 63.2 Å². The molecular formula is C25H32N2O6. The first-order valence-corrected chi connectivity index (χ1v) is 11.4. The van der Waals surface area contributed by atoms with Gasteiger partial charge in [0.15, 0.2) is 6.61 Å². The molecule has 1 saturated heterocycles. The number of esters is 1. The quantitative estimate of drug-likeness (QED) is 0.406. The first-order chi connectivity index (χ1) is 15.9. The Kier molecular flexibility index (Phi) is 8.92. The van der Waals surface area contributed by atoms with Crippen molar-refractivity contribution >= 4 is 17.6 Å². The van der Waals surface area contributed by atoms with Crippen LogP contribution in [-0.2, 0) is 20.8 Å². The molecule has 178 valence electrons. The monoisotopic (exact) mass is 456 g/mol. The first kappa shape index (κ1) is 24.4. The number of nitrogens with zero attached hydrogens (tertiary/aromatic N) is 2. The Bertz CT molecular complexity index is 944. The maximum Gasteiger partial charge on any atom is 0.342 e. The number of phenols is 2. The van der Waals surface area contributed by atoms with Crippen LogP contribution in [0.1, 0.15) is 61.4 Å². The van der Waals surface area contributed by atoms with Crippen molar-refractivity contribution < 1.29 is 29.4 Å². The zero-order chi connectivity index (χ0) is 23.6. The summed E-state index contributed by atoms with van der Waals surface area (Å²) in [5, 5.41) is 24.5. The van der Waals surface area contributed by atoms with Crippen molar-refractivity contribution in [2.24, 2.45) is 5.16 Å².